The van der Waals surface area contributed by atoms with Gasteiger partial charge in [-0.1, -0.05) is 12.1 Å². The third-order valence-electron chi connectivity index (χ3n) is 4.54. The van der Waals surface area contributed by atoms with Crippen LogP contribution in [0.25, 0.3) is 0 Å². The number of carbonyl (C=O) groups excluding carboxylic acids is 1. The molecule has 1 aromatic carbocycles. The van der Waals surface area contributed by atoms with Gasteiger partial charge in [-0.3, -0.25) is 9.79 Å². The highest BCUT2D eigenvalue weighted by atomic mass is 127. The van der Waals surface area contributed by atoms with Crippen molar-refractivity contribution in [1.29, 1.82) is 0 Å². The summed E-state index contributed by atoms with van der Waals surface area (Å²) in [6, 6.07) is 8.38. The molecule has 144 valence electrons. The maximum atomic E-state index is 11.5. The van der Waals surface area contributed by atoms with Crippen molar-refractivity contribution < 1.29 is 4.79 Å². The van der Waals surface area contributed by atoms with Crippen molar-refractivity contribution in [2.75, 3.05) is 43.9 Å². The summed E-state index contributed by atoms with van der Waals surface area (Å²) >= 11 is 2.05. The molecule has 0 saturated carbocycles. The molecule has 0 radical (unpaired) electrons. The van der Waals surface area contributed by atoms with Gasteiger partial charge in [0, 0.05) is 44.2 Å². The second-order valence-corrected chi connectivity index (χ2v) is 7.79. The van der Waals surface area contributed by atoms with Crippen LogP contribution in [-0.4, -0.2) is 56.1 Å². The molecule has 1 unspecified atom stereocenters. The fourth-order valence-corrected chi connectivity index (χ4v) is 4.31. The molecule has 1 aromatic rings. The Morgan fingerprint density at radius 1 is 1.35 bits per heavy atom. The molecule has 0 spiro atoms. The summed E-state index contributed by atoms with van der Waals surface area (Å²) in [7, 11) is 1.81. The largest absolute Gasteiger partial charge is 0.360 e. The van der Waals surface area contributed by atoms with Crippen LogP contribution in [0.3, 0.4) is 0 Å². The fraction of sp³-hybridized carbons (Fsp3) is 0.556. The minimum absolute atomic E-state index is 0. The molecular formula is C18H28IN5OS. The number of guanidine groups is 1. The van der Waals surface area contributed by atoms with Crippen molar-refractivity contribution in [3.8, 4) is 0 Å². The minimum Gasteiger partial charge on any atom is -0.360 e. The van der Waals surface area contributed by atoms with Gasteiger partial charge in [0.15, 0.2) is 5.96 Å². The van der Waals surface area contributed by atoms with E-state index in [-0.39, 0.29) is 29.9 Å². The van der Waals surface area contributed by atoms with Gasteiger partial charge in [-0.25, -0.2) is 0 Å². The van der Waals surface area contributed by atoms with Crippen LogP contribution in [-0.2, 0) is 11.3 Å². The van der Waals surface area contributed by atoms with Gasteiger partial charge >= 0.3 is 0 Å². The number of anilines is 1. The van der Waals surface area contributed by atoms with Gasteiger partial charge in [0.05, 0.1) is 6.54 Å². The number of halogens is 1. The van der Waals surface area contributed by atoms with Crippen molar-refractivity contribution >= 4 is 53.3 Å². The molecule has 26 heavy (non-hydrogen) atoms. The number of nitrogens with zero attached hydrogens (tertiary/aromatic N) is 2. The van der Waals surface area contributed by atoms with Crippen LogP contribution in [0, 0.1) is 0 Å². The molecule has 0 bridgehead atoms. The Labute approximate surface area is 177 Å². The predicted molar refractivity (Wildman–Crippen MR) is 121 cm³/mol. The van der Waals surface area contributed by atoms with E-state index in [0.29, 0.717) is 18.3 Å². The highest BCUT2D eigenvalue weighted by molar-refractivity contribution is 14.0. The van der Waals surface area contributed by atoms with Gasteiger partial charge in [0.25, 0.3) is 0 Å². The number of hydrogen-bond acceptors (Lipinski definition) is 4. The van der Waals surface area contributed by atoms with Gasteiger partial charge in [0.2, 0.25) is 5.91 Å². The standard InChI is InChI=1S/C18H27N5OS.HI/c1-19-18(22-12-16-3-2-10-25-16)21-11-14-4-6-15(7-5-14)23-9-8-20-17(24)13-23;/h4-7,16H,2-3,8-13H2,1H3,(H,20,24)(H2,19,21,22);1H. The minimum atomic E-state index is 0. The van der Waals surface area contributed by atoms with Crippen LogP contribution in [0.1, 0.15) is 18.4 Å². The first kappa shape index (κ1) is 21.1. The lowest BCUT2D eigenvalue weighted by Crippen LogP contribution is -2.47. The summed E-state index contributed by atoms with van der Waals surface area (Å²) < 4.78 is 0. The second kappa shape index (κ2) is 10.9. The highest BCUT2D eigenvalue weighted by Crippen LogP contribution is 2.25. The van der Waals surface area contributed by atoms with Crippen LogP contribution in [0.2, 0.25) is 0 Å². The Morgan fingerprint density at radius 2 is 2.15 bits per heavy atom. The Balaban J connectivity index is 0.00000243. The van der Waals surface area contributed by atoms with E-state index in [4.69, 9.17) is 0 Å². The molecule has 8 heteroatoms. The highest BCUT2D eigenvalue weighted by Gasteiger charge is 2.17. The average molecular weight is 489 g/mol. The Morgan fingerprint density at radius 3 is 2.81 bits per heavy atom. The van der Waals surface area contributed by atoms with Crippen molar-refractivity contribution in [3.63, 3.8) is 0 Å². The quantitative estimate of drug-likeness (QED) is 0.335. The van der Waals surface area contributed by atoms with E-state index < -0.39 is 0 Å². The normalized spacial score (nSPS) is 20.3. The zero-order chi connectivity index (χ0) is 17.5. The van der Waals surface area contributed by atoms with E-state index in [2.05, 4.69) is 50.1 Å². The average Bonchev–Trinajstić information content (AvgIpc) is 3.16. The molecule has 0 aromatic heterocycles. The lowest BCUT2D eigenvalue weighted by atomic mass is 10.2. The summed E-state index contributed by atoms with van der Waals surface area (Å²) in [5, 5.41) is 10.3. The smallest absolute Gasteiger partial charge is 0.239 e. The molecule has 0 aliphatic carbocycles. The van der Waals surface area contributed by atoms with Crippen LogP contribution < -0.4 is 20.9 Å². The zero-order valence-corrected chi connectivity index (χ0v) is 18.3. The van der Waals surface area contributed by atoms with Gasteiger partial charge < -0.3 is 20.9 Å². The van der Waals surface area contributed by atoms with Crippen molar-refractivity contribution in [1.82, 2.24) is 16.0 Å². The second-order valence-electron chi connectivity index (χ2n) is 6.38. The zero-order valence-electron chi connectivity index (χ0n) is 15.2. The SMILES string of the molecule is CN=C(NCc1ccc(N2CCNC(=O)C2)cc1)NCC1CCCS1.I. The summed E-state index contributed by atoms with van der Waals surface area (Å²) in [5.74, 6) is 2.22. The maximum Gasteiger partial charge on any atom is 0.239 e. The molecule has 2 aliphatic rings. The lowest BCUT2D eigenvalue weighted by Gasteiger charge is -2.28. The van der Waals surface area contributed by atoms with Gasteiger partial charge in [-0.2, -0.15) is 11.8 Å². The first-order chi connectivity index (χ1) is 12.2. The van der Waals surface area contributed by atoms with Gasteiger partial charge in [-0.15, -0.1) is 24.0 Å². The molecule has 2 fully saturated rings. The van der Waals surface area contributed by atoms with E-state index in [0.717, 1.165) is 31.3 Å². The first-order valence-electron chi connectivity index (χ1n) is 8.91. The molecule has 2 saturated heterocycles. The number of aliphatic imine (C=N–C) groups is 1. The fourth-order valence-electron chi connectivity index (χ4n) is 3.11. The molecule has 6 nitrogen and oxygen atoms in total. The summed E-state index contributed by atoms with van der Waals surface area (Å²) in [5.41, 5.74) is 2.29. The predicted octanol–water partition coefficient (Wildman–Crippen LogP) is 1.80. The molecule has 1 amide bonds. The molecule has 2 aliphatic heterocycles. The number of nitrogens with one attached hydrogen (secondary N) is 3. The topological polar surface area (TPSA) is 68.8 Å². The molecule has 3 N–H and O–H groups in total. The molecule has 1 atom stereocenters. The number of benzene rings is 1. The number of thioether (sulfide) groups is 1. The Kier molecular flexibility index (Phi) is 8.83. The van der Waals surface area contributed by atoms with Crippen LogP contribution in [0.5, 0.6) is 0 Å². The van der Waals surface area contributed by atoms with E-state index in [1.807, 2.05) is 18.8 Å². The van der Waals surface area contributed by atoms with Crippen LogP contribution >= 0.6 is 35.7 Å². The van der Waals surface area contributed by atoms with E-state index in [9.17, 15) is 4.79 Å². The van der Waals surface area contributed by atoms with E-state index in [1.54, 1.807) is 0 Å². The molecule has 2 heterocycles. The molecular weight excluding hydrogens is 461 g/mol. The van der Waals surface area contributed by atoms with Crippen molar-refractivity contribution in [2.24, 2.45) is 4.99 Å². The lowest BCUT2D eigenvalue weighted by molar-refractivity contribution is -0.120. The van der Waals surface area contributed by atoms with Crippen molar-refractivity contribution in [2.45, 2.75) is 24.6 Å². The van der Waals surface area contributed by atoms with Crippen molar-refractivity contribution in [3.05, 3.63) is 29.8 Å². The maximum absolute atomic E-state index is 11.5. The van der Waals surface area contributed by atoms with Crippen LogP contribution in [0.15, 0.2) is 29.3 Å². The molecule has 3 rings (SSSR count). The first-order valence-corrected chi connectivity index (χ1v) is 9.96. The van der Waals surface area contributed by atoms with E-state index in [1.165, 1.54) is 24.2 Å². The van der Waals surface area contributed by atoms with E-state index >= 15 is 0 Å². The number of amides is 1. The Hall–Kier alpha value is -1.16. The summed E-state index contributed by atoms with van der Waals surface area (Å²) in [4.78, 5) is 17.9. The number of piperazine rings is 1. The van der Waals surface area contributed by atoms with Gasteiger partial charge in [-0.05, 0) is 36.3 Å². The Bertz CT molecular complexity index is 604. The third kappa shape index (κ3) is 6.22. The number of hydrogen-bond donors (Lipinski definition) is 3. The summed E-state index contributed by atoms with van der Waals surface area (Å²) in [6.07, 6.45) is 2.62. The third-order valence-corrected chi connectivity index (χ3v) is 5.94. The van der Waals surface area contributed by atoms with Crippen LogP contribution in [0.4, 0.5) is 5.69 Å². The van der Waals surface area contributed by atoms with Gasteiger partial charge in [0.1, 0.15) is 0 Å². The monoisotopic (exact) mass is 489 g/mol. The summed E-state index contributed by atoms with van der Waals surface area (Å²) in [6.45, 7) is 3.72. The number of carbonyl (C=O) groups is 1. The number of rotatable bonds is 5.